The lowest BCUT2D eigenvalue weighted by Crippen LogP contribution is -2.14. The number of anilines is 3. The van der Waals surface area contributed by atoms with Crippen molar-refractivity contribution >= 4 is 65.3 Å². The summed E-state index contributed by atoms with van der Waals surface area (Å²) in [5.74, 6) is -0.371. The van der Waals surface area contributed by atoms with E-state index in [1.165, 1.54) is 53.1 Å². The second-order valence-electron chi connectivity index (χ2n) is 6.53. The fourth-order valence-electron chi connectivity index (χ4n) is 2.99. The molecule has 4 rings (SSSR count). The molecule has 0 aliphatic rings. The van der Waals surface area contributed by atoms with Gasteiger partial charge in [0.1, 0.15) is 9.71 Å². The van der Waals surface area contributed by atoms with E-state index in [1.54, 1.807) is 5.38 Å². The highest BCUT2D eigenvalue weighted by atomic mass is 32.2. The predicted molar refractivity (Wildman–Crippen MR) is 121 cm³/mol. The second kappa shape index (κ2) is 7.67. The SMILES string of the molecule is Cc1cc(C)c2c(N)c(C(=O)Nc3ccc(S(=O)(=O)Nc4nccs4)cc3)sc2n1. The number of fused-ring (bicyclic) bond motifs is 1. The highest BCUT2D eigenvalue weighted by Gasteiger charge is 2.20. The van der Waals surface area contributed by atoms with Crippen molar-refractivity contribution in [3.05, 3.63) is 58.0 Å². The summed E-state index contributed by atoms with van der Waals surface area (Å²) in [6.07, 6.45) is 1.51. The lowest BCUT2D eigenvalue weighted by atomic mass is 10.1. The molecule has 0 saturated carbocycles. The number of hydrogen-bond donors (Lipinski definition) is 3. The minimum absolute atomic E-state index is 0.0624. The monoisotopic (exact) mass is 459 g/mol. The molecule has 0 radical (unpaired) electrons. The molecule has 3 heterocycles. The van der Waals surface area contributed by atoms with Gasteiger partial charge in [-0.25, -0.2) is 18.4 Å². The molecule has 8 nitrogen and oxygen atoms in total. The van der Waals surface area contributed by atoms with E-state index in [2.05, 4.69) is 20.0 Å². The van der Waals surface area contributed by atoms with Crippen molar-refractivity contribution in [3.8, 4) is 0 Å². The number of thiophene rings is 1. The molecule has 0 bridgehead atoms. The third-order valence-electron chi connectivity index (χ3n) is 4.31. The largest absolute Gasteiger partial charge is 0.397 e. The summed E-state index contributed by atoms with van der Waals surface area (Å²) in [5, 5.41) is 5.50. The summed E-state index contributed by atoms with van der Waals surface area (Å²) in [5.41, 5.74) is 8.87. The van der Waals surface area contributed by atoms with Crippen molar-refractivity contribution < 1.29 is 13.2 Å². The molecule has 3 aromatic heterocycles. The van der Waals surface area contributed by atoms with Crippen LogP contribution in [0.5, 0.6) is 0 Å². The summed E-state index contributed by atoms with van der Waals surface area (Å²) >= 11 is 2.41. The average molecular weight is 460 g/mol. The number of benzene rings is 1. The fraction of sp³-hybridized carbons (Fsp3) is 0.105. The zero-order valence-electron chi connectivity index (χ0n) is 16.0. The summed E-state index contributed by atoms with van der Waals surface area (Å²) in [6.45, 7) is 3.82. The number of carbonyl (C=O) groups is 1. The molecule has 4 aromatic rings. The highest BCUT2D eigenvalue weighted by Crippen LogP contribution is 2.35. The van der Waals surface area contributed by atoms with Crippen molar-refractivity contribution in [3.63, 3.8) is 0 Å². The second-order valence-corrected chi connectivity index (χ2v) is 10.1. The van der Waals surface area contributed by atoms with Crippen LogP contribution in [0.25, 0.3) is 10.2 Å². The molecule has 0 aliphatic carbocycles. The van der Waals surface area contributed by atoms with Crippen molar-refractivity contribution in [1.82, 2.24) is 9.97 Å². The molecule has 0 unspecified atom stereocenters. The Bertz CT molecular complexity index is 1340. The first-order chi connectivity index (χ1) is 14.2. The minimum Gasteiger partial charge on any atom is -0.397 e. The van der Waals surface area contributed by atoms with Gasteiger partial charge in [-0.05, 0) is 49.7 Å². The van der Waals surface area contributed by atoms with Crippen LogP contribution in [-0.2, 0) is 10.0 Å². The summed E-state index contributed by atoms with van der Waals surface area (Å²) in [4.78, 5) is 22.3. The van der Waals surface area contributed by atoms with Gasteiger partial charge in [0.2, 0.25) is 0 Å². The van der Waals surface area contributed by atoms with Crippen molar-refractivity contribution in [2.45, 2.75) is 18.7 Å². The van der Waals surface area contributed by atoms with Gasteiger partial charge < -0.3 is 11.1 Å². The zero-order chi connectivity index (χ0) is 21.5. The average Bonchev–Trinajstić information content (AvgIpc) is 3.29. The van der Waals surface area contributed by atoms with Gasteiger partial charge in [0.15, 0.2) is 5.13 Å². The Morgan fingerprint density at radius 3 is 2.57 bits per heavy atom. The Balaban J connectivity index is 1.55. The molecule has 154 valence electrons. The number of aromatic nitrogens is 2. The van der Waals surface area contributed by atoms with Gasteiger partial charge in [-0.3, -0.25) is 9.52 Å². The molecule has 0 aliphatic heterocycles. The first-order valence-electron chi connectivity index (χ1n) is 8.74. The van der Waals surface area contributed by atoms with E-state index in [-0.39, 0.29) is 15.9 Å². The van der Waals surface area contributed by atoms with Gasteiger partial charge in [-0.15, -0.1) is 22.7 Å². The number of hydrogen-bond acceptors (Lipinski definition) is 8. The number of nitrogens with one attached hydrogen (secondary N) is 2. The molecule has 1 aromatic carbocycles. The lowest BCUT2D eigenvalue weighted by molar-refractivity contribution is 0.103. The number of nitrogens with two attached hydrogens (primary N) is 1. The van der Waals surface area contributed by atoms with Crippen LogP contribution in [0, 0.1) is 13.8 Å². The number of thiazole rings is 1. The zero-order valence-corrected chi connectivity index (χ0v) is 18.4. The van der Waals surface area contributed by atoms with Crippen molar-refractivity contribution in [1.29, 1.82) is 0 Å². The van der Waals surface area contributed by atoms with Gasteiger partial charge in [-0.1, -0.05) is 0 Å². The Morgan fingerprint density at radius 1 is 1.17 bits per heavy atom. The Labute approximate surface area is 180 Å². The molecule has 0 spiro atoms. The maximum Gasteiger partial charge on any atom is 0.267 e. The van der Waals surface area contributed by atoms with Crippen LogP contribution in [0.2, 0.25) is 0 Å². The van der Waals surface area contributed by atoms with Crippen LogP contribution in [-0.4, -0.2) is 24.3 Å². The van der Waals surface area contributed by atoms with Crippen LogP contribution >= 0.6 is 22.7 Å². The number of rotatable bonds is 5. The van der Waals surface area contributed by atoms with Crippen molar-refractivity contribution in [2.24, 2.45) is 0 Å². The van der Waals surface area contributed by atoms with Crippen LogP contribution in [0.3, 0.4) is 0 Å². The Kier molecular flexibility index (Phi) is 5.18. The van der Waals surface area contributed by atoms with E-state index >= 15 is 0 Å². The molecule has 1 amide bonds. The van der Waals surface area contributed by atoms with E-state index in [0.717, 1.165) is 16.6 Å². The molecule has 30 heavy (non-hydrogen) atoms. The molecular formula is C19H17N5O3S3. The standard InChI is InChI=1S/C19H17N5O3S3/c1-10-9-11(2)22-18-14(10)15(20)16(29-18)17(25)23-12-3-5-13(6-4-12)30(26,27)24-19-21-7-8-28-19/h3-9H,20H2,1-2H3,(H,21,24)(H,23,25). The minimum atomic E-state index is -3.75. The van der Waals surface area contributed by atoms with Crippen LogP contribution in [0.1, 0.15) is 20.9 Å². The van der Waals surface area contributed by atoms with Crippen LogP contribution in [0.15, 0.2) is 46.8 Å². The molecule has 0 saturated heterocycles. The topological polar surface area (TPSA) is 127 Å². The van der Waals surface area contributed by atoms with Gasteiger partial charge >= 0.3 is 0 Å². The summed E-state index contributed by atoms with van der Waals surface area (Å²) in [7, 11) is -3.75. The van der Waals surface area contributed by atoms with Gasteiger partial charge in [0.25, 0.3) is 15.9 Å². The van der Waals surface area contributed by atoms with Crippen LogP contribution < -0.4 is 15.8 Å². The molecule has 4 N–H and O–H groups in total. The first kappa shape index (κ1) is 20.3. The Morgan fingerprint density at radius 2 is 1.90 bits per heavy atom. The number of nitrogens with zero attached hydrogens (tertiary/aromatic N) is 2. The molecule has 0 atom stereocenters. The lowest BCUT2D eigenvalue weighted by Gasteiger charge is -2.08. The Hall–Kier alpha value is -3.02. The normalized spacial score (nSPS) is 11.5. The van der Waals surface area contributed by atoms with E-state index < -0.39 is 10.0 Å². The third-order valence-corrected chi connectivity index (χ3v) is 7.58. The first-order valence-corrected chi connectivity index (χ1v) is 11.9. The summed E-state index contributed by atoms with van der Waals surface area (Å²) in [6, 6.07) is 7.78. The molecular weight excluding hydrogens is 442 g/mol. The predicted octanol–water partition coefficient (Wildman–Crippen LogP) is 4.00. The van der Waals surface area contributed by atoms with Gasteiger partial charge in [0, 0.05) is 28.3 Å². The number of carbonyl (C=O) groups excluding carboxylic acids is 1. The number of aryl methyl sites for hydroxylation is 2. The number of sulfonamides is 1. The van der Waals surface area contributed by atoms with E-state index in [4.69, 9.17) is 5.73 Å². The summed E-state index contributed by atoms with van der Waals surface area (Å²) < 4.78 is 27.2. The van der Waals surface area contributed by atoms with Gasteiger partial charge in [-0.2, -0.15) is 0 Å². The maximum atomic E-state index is 12.7. The highest BCUT2D eigenvalue weighted by molar-refractivity contribution is 7.93. The number of nitrogen functional groups attached to an aromatic ring is 1. The quantitative estimate of drug-likeness (QED) is 0.414. The fourth-order valence-corrected chi connectivity index (χ4v) is 5.89. The van der Waals surface area contributed by atoms with E-state index in [9.17, 15) is 13.2 Å². The van der Waals surface area contributed by atoms with E-state index in [0.29, 0.717) is 21.1 Å². The number of pyridine rings is 1. The van der Waals surface area contributed by atoms with Crippen LogP contribution in [0.4, 0.5) is 16.5 Å². The van der Waals surface area contributed by atoms with E-state index in [1.807, 2.05) is 19.9 Å². The third kappa shape index (κ3) is 3.86. The molecule has 11 heteroatoms. The number of amides is 1. The van der Waals surface area contributed by atoms with Gasteiger partial charge in [0.05, 0.1) is 10.6 Å². The molecule has 0 fully saturated rings. The maximum absolute atomic E-state index is 12.7. The van der Waals surface area contributed by atoms with Crippen molar-refractivity contribution in [2.75, 3.05) is 15.8 Å². The smallest absolute Gasteiger partial charge is 0.267 e.